The average Bonchev–Trinajstić information content (AvgIpc) is 2.93. The van der Waals surface area contributed by atoms with Crippen LogP contribution in [0.15, 0.2) is 4.42 Å². The molecule has 0 unspecified atom stereocenters. The van der Waals surface area contributed by atoms with Crippen LogP contribution in [0, 0.1) is 6.92 Å². The summed E-state index contributed by atoms with van der Waals surface area (Å²) in [4.78, 5) is 15.4. The van der Waals surface area contributed by atoms with Gasteiger partial charge in [0, 0.05) is 20.0 Å². The highest BCUT2D eigenvalue weighted by molar-refractivity contribution is 5.77. The van der Waals surface area contributed by atoms with Gasteiger partial charge < -0.3 is 24.1 Å². The molecule has 116 valence electrons. The van der Waals surface area contributed by atoms with Crippen molar-refractivity contribution < 1.29 is 19.1 Å². The van der Waals surface area contributed by atoms with Crippen LogP contribution in [0.25, 0.3) is 0 Å². The van der Waals surface area contributed by atoms with Crippen LogP contribution in [0.5, 0.6) is 0 Å². The van der Waals surface area contributed by atoms with Gasteiger partial charge in [0.25, 0.3) is 0 Å². The zero-order valence-corrected chi connectivity index (χ0v) is 12.1. The summed E-state index contributed by atoms with van der Waals surface area (Å²) in [6.07, 6.45) is 1.81. The number of hydrogen-bond acceptors (Lipinski definition) is 7. The number of morpholine rings is 1. The lowest BCUT2D eigenvalue weighted by Crippen LogP contribution is -2.61. The minimum atomic E-state index is -0.456. The number of ether oxygens (including phenoxy) is 1. The second-order valence-corrected chi connectivity index (χ2v) is 5.63. The van der Waals surface area contributed by atoms with Crippen molar-refractivity contribution in [3.05, 3.63) is 5.89 Å². The monoisotopic (exact) mass is 296 g/mol. The van der Waals surface area contributed by atoms with Gasteiger partial charge in [0.2, 0.25) is 11.8 Å². The molecular formula is C13H20N4O4. The largest absolute Gasteiger partial charge is 0.408 e. The predicted octanol–water partition coefficient (Wildman–Crippen LogP) is -0.432. The van der Waals surface area contributed by atoms with Gasteiger partial charge in [0.15, 0.2) is 0 Å². The molecule has 0 radical (unpaired) electrons. The molecule has 1 N–H and O–H groups in total. The minimum Gasteiger partial charge on any atom is -0.408 e. The van der Waals surface area contributed by atoms with Crippen LogP contribution in [0.4, 0.5) is 6.01 Å². The van der Waals surface area contributed by atoms with Gasteiger partial charge in [-0.25, -0.2) is 0 Å². The van der Waals surface area contributed by atoms with Gasteiger partial charge >= 0.3 is 6.01 Å². The lowest BCUT2D eigenvalue weighted by Gasteiger charge is -2.47. The van der Waals surface area contributed by atoms with Crippen molar-refractivity contribution >= 4 is 11.9 Å². The van der Waals surface area contributed by atoms with Crippen molar-refractivity contribution in [2.24, 2.45) is 0 Å². The Morgan fingerprint density at radius 2 is 2.24 bits per heavy atom. The Hall–Kier alpha value is -1.67. The van der Waals surface area contributed by atoms with Crippen LogP contribution < -0.4 is 4.90 Å². The van der Waals surface area contributed by atoms with E-state index in [0.717, 1.165) is 19.4 Å². The Balaban J connectivity index is 1.73. The molecule has 0 bridgehead atoms. The number of carbonyl (C=O) groups is 1. The Kier molecular flexibility index (Phi) is 3.81. The quantitative estimate of drug-likeness (QED) is 0.791. The van der Waals surface area contributed by atoms with E-state index in [1.165, 1.54) is 0 Å². The summed E-state index contributed by atoms with van der Waals surface area (Å²) in [6, 6.07) is 0.501. The SMILES string of the molecule is Cc1nnc(N2CCC[C@@]3(CN(C(=O)CO)CCO3)C2)o1. The predicted molar refractivity (Wildman–Crippen MR) is 72.8 cm³/mol. The van der Waals surface area contributed by atoms with E-state index in [1.807, 2.05) is 4.90 Å². The Labute approximate surface area is 122 Å². The number of aryl methyl sites for hydroxylation is 1. The number of carbonyl (C=O) groups excluding carboxylic acids is 1. The molecule has 1 atom stereocenters. The van der Waals surface area contributed by atoms with Gasteiger partial charge in [0.1, 0.15) is 12.2 Å². The topological polar surface area (TPSA) is 91.9 Å². The van der Waals surface area contributed by atoms with Crippen LogP contribution in [-0.4, -0.2) is 71.1 Å². The summed E-state index contributed by atoms with van der Waals surface area (Å²) < 4.78 is 11.5. The third-order valence-electron chi connectivity index (χ3n) is 4.06. The average molecular weight is 296 g/mol. The van der Waals surface area contributed by atoms with Crippen LogP contribution >= 0.6 is 0 Å². The first kappa shape index (κ1) is 14.3. The van der Waals surface area contributed by atoms with Crippen LogP contribution in [-0.2, 0) is 9.53 Å². The smallest absolute Gasteiger partial charge is 0.318 e. The van der Waals surface area contributed by atoms with E-state index in [9.17, 15) is 4.79 Å². The molecule has 8 nitrogen and oxygen atoms in total. The van der Waals surface area contributed by atoms with Crippen molar-refractivity contribution in [1.82, 2.24) is 15.1 Å². The maximum absolute atomic E-state index is 11.7. The lowest BCUT2D eigenvalue weighted by atomic mass is 9.91. The summed E-state index contributed by atoms with van der Waals surface area (Å²) in [5.74, 6) is 0.287. The molecule has 2 aliphatic rings. The highest BCUT2D eigenvalue weighted by atomic mass is 16.5. The first-order valence-electron chi connectivity index (χ1n) is 7.19. The maximum Gasteiger partial charge on any atom is 0.318 e. The zero-order chi connectivity index (χ0) is 14.9. The summed E-state index contributed by atoms with van der Waals surface area (Å²) in [6.45, 7) is 4.27. The molecule has 2 saturated heterocycles. The Bertz CT molecular complexity index is 516. The lowest BCUT2D eigenvalue weighted by molar-refractivity contribution is -0.154. The van der Waals surface area contributed by atoms with Gasteiger partial charge in [-0.2, -0.15) is 0 Å². The maximum atomic E-state index is 11.7. The van der Waals surface area contributed by atoms with E-state index in [1.54, 1.807) is 11.8 Å². The molecule has 3 heterocycles. The van der Waals surface area contributed by atoms with Gasteiger partial charge in [-0.05, 0) is 12.8 Å². The molecule has 2 aliphatic heterocycles. The molecule has 1 aromatic heterocycles. The molecule has 2 fully saturated rings. The summed E-state index contributed by atoms with van der Waals surface area (Å²) in [7, 11) is 0. The fourth-order valence-electron chi connectivity index (χ4n) is 3.08. The number of hydrogen-bond donors (Lipinski definition) is 1. The van der Waals surface area contributed by atoms with Gasteiger partial charge in [-0.1, -0.05) is 5.10 Å². The van der Waals surface area contributed by atoms with E-state index in [2.05, 4.69) is 10.2 Å². The number of piperidine rings is 1. The number of aliphatic hydroxyl groups excluding tert-OH is 1. The molecular weight excluding hydrogens is 276 g/mol. The number of aliphatic hydroxyl groups is 1. The molecule has 1 amide bonds. The first-order valence-corrected chi connectivity index (χ1v) is 7.19. The van der Waals surface area contributed by atoms with Crippen molar-refractivity contribution in [2.45, 2.75) is 25.4 Å². The molecule has 8 heteroatoms. The molecule has 3 rings (SSSR count). The molecule has 21 heavy (non-hydrogen) atoms. The summed E-state index contributed by atoms with van der Waals surface area (Å²) in [5.41, 5.74) is -0.413. The third kappa shape index (κ3) is 2.86. The van der Waals surface area contributed by atoms with Gasteiger partial charge in [-0.3, -0.25) is 4.79 Å². The Morgan fingerprint density at radius 1 is 1.38 bits per heavy atom. The standard InChI is InChI=1S/C13H20N4O4/c1-10-14-15-12(21-10)17-4-2-3-13(9-17)8-16(5-6-20-13)11(19)7-18/h18H,2-9H2,1H3/t13-/m1/s1. The highest BCUT2D eigenvalue weighted by Crippen LogP contribution is 2.31. The third-order valence-corrected chi connectivity index (χ3v) is 4.06. The van der Waals surface area contributed by atoms with Crippen LogP contribution in [0.1, 0.15) is 18.7 Å². The van der Waals surface area contributed by atoms with Gasteiger partial charge in [-0.15, -0.1) is 5.10 Å². The van der Waals surface area contributed by atoms with Crippen molar-refractivity contribution in [3.63, 3.8) is 0 Å². The van der Waals surface area contributed by atoms with E-state index in [0.29, 0.717) is 38.1 Å². The van der Waals surface area contributed by atoms with Gasteiger partial charge in [0.05, 0.1) is 19.7 Å². The number of anilines is 1. The van der Waals surface area contributed by atoms with E-state index in [-0.39, 0.29) is 5.91 Å². The van der Waals surface area contributed by atoms with Crippen LogP contribution in [0.3, 0.4) is 0 Å². The zero-order valence-electron chi connectivity index (χ0n) is 12.1. The molecule has 0 aliphatic carbocycles. The molecule has 1 spiro atoms. The fraction of sp³-hybridized carbons (Fsp3) is 0.769. The number of rotatable bonds is 2. The first-order chi connectivity index (χ1) is 10.1. The fourth-order valence-corrected chi connectivity index (χ4v) is 3.08. The summed E-state index contributed by atoms with van der Waals surface area (Å²) in [5, 5.41) is 16.9. The second kappa shape index (κ2) is 5.61. The number of amides is 1. The van der Waals surface area contributed by atoms with E-state index < -0.39 is 12.2 Å². The van der Waals surface area contributed by atoms with Crippen molar-refractivity contribution in [1.29, 1.82) is 0 Å². The number of nitrogens with zero attached hydrogens (tertiary/aromatic N) is 4. The minimum absolute atomic E-state index is 0.247. The Morgan fingerprint density at radius 3 is 2.95 bits per heavy atom. The van der Waals surface area contributed by atoms with Crippen LogP contribution in [0.2, 0.25) is 0 Å². The molecule has 0 saturated carbocycles. The second-order valence-electron chi connectivity index (χ2n) is 5.63. The normalized spacial score (nSPS) is 26.4. The highest BCUT2D eigenvalue weighted by Gasteiger charge is 2.42. The van der Waals surface area contributed by atoms with Crippen molar-refractivity contribution in [3.8, 4) is 0 Å². The van der Waals surface area contributed by atoms with E-state index in [4.69, 9.17) is 14.3 Å². The summed E-state index contributed by atoms with van der Waals surface area (Å²) >= 11 is 0. The molecule has 1 aromatic rings. The van der Waals surface area contributed by atoms with E-state index >= 15 is 0 Å². The van der Waals surface area contributed by atoms with Crippen molar-refractivity contribution in [2.75, 3.05) is 44.3 Å². The number of aromatic nitrogens is 2. The molecule has 0 aromatic carbocycles.